The van der Waals surface area contributed by atoms with E-state index < -0.39 is 5.97 Å². The first-order valence-electron chi connectivity index (χ1n) is 6.64. The Labute approximate surface area is 109 Å². The fraction of sp³-hybridized carbons (Fsp3) is 0.533. The van der Waals surface area contributed by atoms with Gasteiger partial charge in [0.15, 0.2) is 0 Å². The minimum Gasteiger partial charge on any atom is -0.492 e. The van der Waals surface area contributed by atoms with Crippen molar-refractivity contribution >= 4 is 5.97 Å². The summed E-state index contributed by atoms with van der Waals surface area (Å²) < 4.78 is 5.67. The van der Waals surface area contributed by atoms with E-state index >= 15 is 0 Å². The van der Waals surface area contributed by atoms with Crippen molar-refractivity contribution in [1.82, 2.24) is 0 Å². The van der Waals surface area contributed by atoms with Crippen LogP contribution in [0.25, 0.3) is 0 Å². The van der Waals surface area contributed by atoms with E-state index in [2.05, 4.69) is 13.8 Å². The average Bonchev–Trinajstić information content (AvgIpc) is 2.39. The number of hydrogen-bond acceptors (Lipinski definition) is 2. The van der Waals surface area contributed by atoms with Gasteiger partial charge in [0.25, 0.3) is 0 Å². The van der Waals surface area contributed by atoms with E-state index in [-0.39, 0.29) is 5.56 Å². The van der Waals surface area contributed by atoms with Gasteiger partial charge in [-0.1, -0.05) is 45.2 Å². The first-order valence-corrected chi connectivity index (χ1v) is 6.64. The molecule has 0 aliphatic rings. The molecule has 0 fully saturated rings. The predicted octanol–water partition coefficient (Wildman–Crippen LogP) is 3.98. The Morgan fingerprint density at radius 3 is 2.67 bits per heavy atom. The van der Waals surface area contributed by atoms with Crippen molar-refractivity contribution in [2.45, 2.75) is 39.5 Å². The molecule has 0 saturated carbocycles. The van der Waals surface area contributed by atoms with Gasteiger partial charge in [-0.2, -0.15) is 0 Å². The van der Waals surface area contributed by atoms with Crippen LogP contribution >= 0.6 is 0 Å². The van der Waals surface area contributed by atoms with Crippen molar-refractivity contribution in [2.75, 3.05) is 6.61 Å². The van der Waals surface area contributed by atoms with Crippen molar-refractivity contribution in [1.29, 1.82) is 0 Å². The second kappa shape index (κ2) is 7.75. The minimum absolute atomic E-state index is 0.239. The number of hydrogen-bond donors (Lipinski definition) is 1. The monoisotopic (exact) mass is 250 g/mol. The Kier molecular flexibility index (Phi) is 6.26. The summed E-state index contributed by atoms with van der Waals surface area (Å²) in [7, 11) is 0. The highest BCUT2D eigenvalue weighted by Crippen LogP contribution is 2.20. The number of benzene rings is 1. The first-order chi connectivity index (χ1) is 8.69. The Morgan fingerprint density at radius 2 is 2.06 bits per heavy atom. The highest BCUT2D eigenvalue weighted by atomic mass is 16.5. The number of unbranched alkanes of at least 4 members (excludes halogenated alkanes) is 1. The molecule has 0 radical (unpaired) electrons. The van der Waals surface area contributed by atoms with Crippen molar-refractivity contribution in [3.63, 3.8) is 0 Å². The summed E-state index contributed by atoms with van der Waals surface area (Å²) >= 11 is 0. The molecule has 0 bridgehead atoms. The van der Waals surface area contributed by atoms with Crippen LogP contribution in [-0.4, -0.2) is 17.7 Å². The zero-order valence-corrected chi connectivity index (χ0v) is 11.2. The molecule has 0 spiro atoms. The lowest BCUT2D eigenvalue weighted by molar-refractivity contribution is 0.0691. The summed E-state index contributed by atoms with van der Waals surface area (Å²) in [5.74, 6) is 0.0407. The normalized spacial score (nSPS) is 12.1. The third kappa shape index (κ3) is 4.40. The molecule has 1 N–H and O–H groups in total. The largest absolute Gasteiger partial charge is 0.492 e. The zero-order valence-electron chi connectivity index (χ0n) is 11.2. The smallest absolute Gasteiger partial charge is 0.339 e. The van der Waals surface area contributed by atoms with Gasteiger partial charge in [0, 0.05) is 0 Å². The third-order valence-corrected chi connectivity index (χ3v) is 3.14. The predicted molar refractivity (Wildman–Crippen MR) is 72.2 cm³/mol. The summed E-state index contributed by atoms with van der Waals surface area (Å²) in [4.78, 5) is 11.0. The SMILES string of the molecule is CCCC[C@@H](CC)COc1ccccc1C(=O)O. The van der Waals surface area contributed by atoms with E-state index in [9.17, 15) is 4.79 Å². The fourth-order valence-electron chi connectivity index (χ4n) is 1.87. The molecule has 0 saturated heterocycles. The molecule has 0 aliphatic carbocycles. The number of rotatable bonds is 8. The molecule has 0 amide bonds. The molecule has 0 aromatic heterocycles. The van der Waals surface area contributed by atoms with Crippen molar-refractivity contribution in [3.8, 4) is 5.75 Å². The fourth-order valence-corrected chi connectivity index (χ4v) is 1.87. The van der Waals surface area contributed by atoms with Crippen molar-refractivity contribution in [2.24, 2.45) is 5.92 Å². The van der Waals surface area contributed by atoms with Crippen LogP contribution in [0.5, 0.6) is 5.75 Å². The molecule has 0 aliphatic heterocycles. The van der Waals surface area contributed by atoms with Crippen LogP contribution in [-0.2, 0) is 0 Å². The standard InChI is InChI=1S/C15H22O3/c1-3-5-8-12(4-2)11-18-14-10-7-6-9-13(14)15(16)17/h6-7,9-10,12H,3-5,8,11H2,1-2H3,(H,16,17)/t12-/m1/s1. The number of carbonyl (C=O) groups is 1. The number of aromatic carboxylic acids is 1. The van der Waals surface area contributed by atoms with Crippen LogP contribution in [0.3, 0.4) is 0 Å². The molecule has 1 aromatic carbocycles. The van der Waals surface area contributed by atoms with E-state index in [1.165, 1.54) is 12.8 Å². The molecular weight excluding hydrogens is 228 g/mol. The maximum absolute atomic E-state index is 11.0. The summed E-state index contributed by atoms with van der Waals surface area (Å²) in [6.07, 6.45) is 4.59. The Balaban J connectivity index is 2.59. The second-order valence-corrected chi connectivity index (χ2v) is 4.53. The summed E-state index contributed by atoms with van der Waals surface area (Å²) in [5, 5.41) is 9.05. The molecule has 1 rings (SSSR count). The summed E-state index contributed by atoms with van der Waals surface area (Å²) in [6, 6.07) is 6.81. The van der Waals surface area contributed by atoms with E-state index in [0.29, 0.717) is 18.3 Å². The van der Waals surface area contributed by atoms with Crippen LogP contribution < -0.4 is 4.74 Å². The number of para-hydroxylation sites is 1. The van der Waals surface area contributed by atoms with Crippen LogP contribution in [0.4, 0.5) is 0 Å². The Morgan fingerprint density at radius 1 is 1.33 bits per heavy atom. The highest BCUT2D eigenvalue weighted by Gasteiger charge is 2.12. The topological polar surface area (TPSA) is 46.5 Å². The van der Waals surface area contributed by atoms with Crippen LogP contribution in [0.1, 0.15) is 49.9 Å². The molecule has 0 unspecified atom stereocenters. The van der Waals surface area contributed by atoms with Gasteiger partial charge in [-0.05, 0) is 24.5 Å². The molecule has 1 atom stereocenters. The maximum Gasteiger partial charge on any atom is 0.339 e. The van der Waals surface area contributed by atoms with Crippen LogP contribution in [0, 0.1) is 5.92 Å². The van der Waals surface area contributed by atoms with E-state index in [4.69, 9.17) is 9.84 Å². The lowest BCUT2D eigenvalue weighted by Gasteiger charge is -2.16. The lowest BCUT2D eigenvalue weighted by Crippen LogP contribution is -2.13. The van der Waals surface area contributed by atoms with Gasteiger partial charge >= 0.3 is 5.97 Å². The van der Waals surface area contributed by atoms with Crippen molar-refractivity contribution < 1.29 is 14.6 Å². The molecule has 3 heteroatoms. The zero-order chi connectivity index (χ0) is 13.4. The van der Waals surface area contributed by atoms with E-state index in [1.807, 2.05) is 0 Å². The Hall–Kier alpha value is -1.51. The molecule has 3 nitrogen and oxygen atoms in total. The molecule has 100 valence electrons. The van der Waals surface area contributed by atoms with E-state index in [0.717, 1.165) is 12.8 Å². The molecular formula is C15H22O3. The number of carboxylic acids is 1. The lowest BCUT2D eigenvalue weighted by atomic mass is 10.0. The third-order valence-electron chi connectivity index (χ3n) is 3.14. The van der Waals surface area contributed by atoms with Gasteiger partial charge in [0.1, 0.15) is 11.3 Å². The highest BCUT2D eigenvalue weighted by molar-refractivity contribution is 5.90. The summed E-state index contributed by atoms with van der Waals surface area (Å²) in [6.45, 7) is 4.92. The Bertz CT molecular complexity index is 374. The first kappa shape index (κ1) is 14.6. The molecule has 18 heavy (non-hydrogen) atoms. The van der Waals surface area contributed by atoms with Crippen LogP contribution in [0.2, 0.25) is 0 Å². The molecule has 0 heterocycles. The van der Waals surface area contributed by atoms with Crippen LogP contribution in [0.15, 0.2) is 24.3 Å². The number of carboxylic acid groups (broad SMARTS) is 1. The summed E-state index contributed by atoms with van der Waals surface area (Å²) in [5.41, 5.74) is 0.239. The van der Waals surface area contributed by atoms with Crippen molar-refractivity contribution in [3.05, 3.63) is 29.8 Å². The average molecular weight is 250 g/mol. The quantitative estimate of drug-likeness (QED) is 0.759. The van der Waals surface area contributed by atoms with E-state index in [1.54, 1.807) is 24.3 Å². The van der Waals surface area contributed by atoms with Gasteiger partial charge in [0.05, 0.1) is 6.61 Å². The minimum atomic E-state index is -0.938. The van der Waals surface area contributed by atoms with Gasteiger partial charge < -0.3 is 9.84 Å². The van der Waals surface area contributed by atoms with Gasteiger partial charge in [-0.15, -0.1) is 0 Å². The second-order valence-electron chi connectivity index (χ2n) is 4.53. The van der Waals surface area contributed by atoms with Gasteiger partial charge in [0.2, 0.25) is 0 Å². The number of ether oxygens (including phenoxy) is 1. The van der Waals surface area contributed by atoms with Gasteiger partial charge in [-0.25, -0.2) is 4.79 Å². The molecule has 1 aromatic rings. The maximum atomic E-state index is 11.0. The van der Waals surface area contributed by atoms with Gasteiger partial charge in [-0.3, -0.25) is 0 Å².